The summed E-state index contributed by atoms with van der Waals surface area (Å²) in [5.74, 6) is -4.52. The first-order valence-corrected chi connectivity index (χ1v) is 12.5. The summed E-state index contributed by atoms with van der Waals surface area (Å²) in [5, 5.41) is 37.1. The third kappa shape index (κ3) is 9.21. The van der Waals surface area contributed by atoms with Crippen molar-refractivity contribution in [1.29, 1.82) is 0 Å². The fourth-order valence-corrected chi connectivity index (χ4v) is 4.64. The van der Waals surface area contributed by atoms with E-state index < -0.39 is 50.1 Å². The van der Waals surface area contributed by atoms with E-state index in [0.29, 0.717) is 10.6 Å². The molecule has 0 aliphatic carbocycles. The van der Waals surface area contributed by atoms with E-state index in [2.05, 4.69) is 4.98 Å². The second kappa shape index (κ2) is 14.0. The van der Waals surface area contributed by atoms with E-state index in [0.717, 1.165) is 10.2 Å². The average molecular weight is 562 g/mol. The van der Waals surface area contributed by atoms with Crippen LogP contribution in [0.3, 0.4) is 0 Å². The minimum atomic E-state index is -1.21. The molecule has 0 spiro atoms. The van der Waals surface area contributed by atoms with E-state index in [9.17, 15) is 29.4 Å². The van der Waals surface area contributed by atoms with Crippen LogP contribution in [0.1, 0.15) is 0 Å². The predicted molar refractivity (Wildman–Crippen MR) is 141 cm³/mol. The Morgan fingerprint density at radius 1 is 0.795 bits per heavy atom. The highest BCUT2D eigenvalue weighted by molar-refractivity contribution is 7.21. The van der Waals surface area contributed by atoms with Crippen molar-refractivity contribution in [3.8, 4) is 16.3 Å². The van der Waals surface area contributed by atoms with Gasteiger partial charge in [0.05, 0.1) is 42.2 Å². The number of aromatic nitrogens is 1. The van der Waals surface area contributed by atoms with E-state index in [1.165, 1.54) is 21.1 Å². The Morgan fingerprint density at radius 3 is 2.05 bits per heavy atom. The maximum absolute atomic E-state index is 11.4. The summed E-state index contributed by atoms with van der Waals surface area (Å²) in [5.41, 5.74) is 1.77. The van der Waals surface area contributed by atoms with Gasteiger partial charge in [0.15, 0.2) is 0 Å². The molecule has 208 valence electrons. The Balaban J connectivity index is 1.74. The minimum Gasteiger partial charge on any atom is -0.489 e. The number of aliphatic carboxylic acids is 4. The molecule has 1 heterocycles. The van der Waals surface area contributed by atoms with Crippen molar-refractivity contribution in [2.24, 2.45) is 0 Å². The summed E-state index contributed by atoms with van der Waals surface area (Å²) < 4.78 is 12.3. The van der Waals surface area contributed by atoms with Gasteiger partial charge in [-0.05, 0) is 30.3 Å². The largest absolute Gasteiger partial charge is 0.489 e. The van der Waals surface area contributed by atoms with Gasteiger partial charge in [-0.1, -0.05) is 12.1 Å². The molecule has 2 aromatic carbocycles. The van der Waals surface area contributed by atoms with Crippen LogP contribution in [-0.2, 0) is 23.9 Å². The van der Waals surface area contributed by atoms with Crippen LogP contribution in [0.15, 0.2) is 42.5 Å². The first-order chi connectivity index (χ1) is 18.6. The van der Waals surface area contributed by atoms with Gasteiger partial charge in [0.1, 0.15) is 30.5 Å². The van der Waals surface area contributed by atoms with Crippen LogP contribution in [0.4, 0.5) is 5.69 Å². The number of carboxylic acid groups (broad SMARTS) is 4. The molecule has 0 amide bonds. The quantitative estimate of drug-likeness (QED) is 0.175. The zero-order chi connectivity index (χ0) is 28.4. The first kappa shape index (κ1) is 29.3. The molecule has 0 saturated heterocycles. The van der Waals surface area contributed by atoms with Crippen molar-refractivity contribution in [2.45, 2.75) is 0 Å². The third-order valence-electron chi connectivity index (χ3n) is 5.25. The number of ether oxygens (including phenoxy) is 2. The number of nitrogens with zero attached hydrogens (tertiary/aromatic N) is 3. The maximum atomic E-state index is 11.4. The smallest absolute Gasteiger partial charge is 0.323 e. The molecular formula is C25H27N3O10S. The highest BCUT2D eigenvalue weighted by Crippen LogP contribution is 2.36. The van der Waals surface area contributed by atoms with Crippen molar-refractivity contribution in [2.75, 3.05) is 57.4 Å². The number of thiazole rings is 1. The molecule has 0 fully saturated rings. The molecule has 3 aromatic rings. The van der Waals surface area contributed by atoms with Crippen molar-refractivity contribution < 1.29 is 49.1 Å². The predicted octanol–water partition coefficient (Wildman–Crippen LogP) is 1.81. The molecular weight excluding hydrogens is 534 g/mol. The lowest BCUT2D eigenvalue weighted by Gasteiger charge is -2.24. The Kier molecular flexibility index (Phi) is 10.5. The molecule has 0 radical (unpaired) electrons. The number of hydrogen-bond acceptors (Lipinski definition) is 10. The molecule has 0 aliphatic rings. The van der Waals surface area contributed by atoms with Crippen LogP contribution in [0.25, 0.3) is 20.8 Å². The summed E-state index contributed by atoms with van der Waals surface area (Å²) in [4.78, 5) is 51.6. The fraction of sp³-hybridized carbons (Fsp3) is 0.320. The summed E-state index contributed by atoms with van der Waals surface area (Å²) in [6.07, 6.45) is 0. The van der Waals surface area contributed by atoms with Crippen LogP contribution in [0.5, 0.6) is 5.75 Å². The van der Waals surface area contributed by atoms with Gasteiger partial charge >= 0.3 is 23.9 Å². The lowest BCUT2D eigenvalue weighted by atomic mass is 10.1. The van der Waals surface area contributed by atoms with Gasteiger partial charge in [0, 0.05) is 12.1 Å². The number of carbonyl (C=O) groups is 4. The third-order valence-corrected chi connectivity index (χ3v) is 6.33. The van der Waals surface area contributed by atoms with Crippen molar-refractivity contribution in [3.63, 3.8) is 0 Å². The molecule has 1 aromatic heterocycles. The zero-order valence-corrected chi connectivity index (χ0v) is 21.5. The highest BCUT2D eigenvalue weighted by atomic mass is 32.1. The number of benzene rings is 2. The Hall–Kier alpha value is -4.27. The molecule has 0 atom stereocenters. The maximum Gasteiger partial charge on any atom is 0.323 e. The SMILES string of the molecule is O=C(O)CN(CCOCCOc1cc(-c2nc3ccccc3s2)ccc1N(CC(=O)O)CC(=O)O)CC(=O)O. The van der Waals surface area contributed by atoms with E-state index >= 15 is 0 Å². The van der Waals surface area contributed by atoms with E-state index in [1.807, 2.05) is 24.3 Å². The number of hydrogen-bond donors (Lipinski definition) is 4. The Bertz CT molecular complexity index is 1260. The van der Waals surface area contributed by atoms with E-state index in [-0.39, 0.29) is 37.8 Å². The minimum absolute atomic E-state index is 0.00212. The summed E-state index contributed by atoms with van der Waals surface area (Å²) in [6, 6.07) is 12.6. The topological polar surface area (TPSA) is 187 Å². The average Bonchev–Trinajstić information content (AvgIpc) is 3.28. The van der Waals surface area contributed by atoms with E-state index in [1.54, 1.807) is 18.2 Å². The van der Waals surface area contributed by atoms with Crippen LogP contribution in [0.2, 0.25) is 0 Å². The molecule has 39 heavy (non-hydrogen) atoms. The Labute approximate surface area is 226 Å². The summed E-state index contributed by atoms with van der Waals surface area (Å²) in [6.45, 7) is -1.85. The number of anilines is 1. The van der Waals surface area contributed by atoms with Crippen LogP contribution >= 0.6 is 11.3 Å². The molecule has 3 rings (SSSR count). The van der Waals surface area contributed by atoms with Gasteiger partial charge in [0.2, 0.25) is 0 Å². The Morgan fingerprint density at radius 2 is 1.44 bits per heavy atom. The second-order valence-corrected chi connectivity index (χ2v) is 9.30. The van der Waals surface area contributed by atoms with Gasteiger partial charge < -0.3 is 34.8 Å². The number of fused-ring (bicyclic) bond motifs is 1. The molecule has 0 aliphatic heterocycles. The summed E-state index contributed by atoms with van der Waals surface area (Å²) >= 11 is 1.46. The lowest BCUT2D eigenvalue weighted by Crippen LogP contribution is -2.37. The van der Waals surface area contributed by atoms with Crippen molar-refractivity contribution in [3.05, 3.63) is 42.5 Å². The molecule has 14 heteroatoms. The number of para-hydroxylation sites is 1. The molecule has 0 bridgehead atoms. The van der Waals surface area contributed by atoms with Gasteiger partial charge in [-0.15, -0.1) is 11.3 Å². The van der Waals surface area contributed by atoms with Crippen LogP contribution < -0.4 is 9.64 Å². The van der Waals surface area contributed by atoms with Gasteiger partial charge in [-0.2, -0.15) is 0 Å². The van der Waals surface area contributed by atoms with Gasteiger partial charge in [-0.25, -0.2) is 4.98 Å². The molecule has 0 saturated carbocycles. The zero-order valence-electron chi connectivity index (χ0n) is 20.7. The molecule has 4 N–H and O–H groups in total. The van der Waals surface area contributed by atoms with Crippen molar-refractivity contribution >= 4 is 51.1 Å². The van der Waals surface area contributed by atoms with E-state index in [4.69, 9.17) is 19.7 Å². The van der Waals surface area contributed by atoms with Crippen LogP contribution in [-0.4, -0.2) is 107 Å². The van der Waals surface area contributed by atoms with Gasteiger partial charge in [-0.3, -0.25) is 24.1 Å². The van der Waals surface area contributed by atoms with Gasteiger partial charge in [0.25, 0.3) is 0 Å². The number of rotatable bonds is 17. The first-order valence-electron chi connectivity index (χ1n) is 11.7. The van der Waals surface area contributed by atoms with Crippen molar-refractivity contribution in [1.82, 2.24) is 9.88 Å². The normalized spacial score (nSPS) is 11.0. The molecule has 0 unspecified atom stereocenters. The second-order valence-electron chi connectivity index (χ2n) is 8.27. The molecule has 13 nitrogen and oxygen atoms in total. The lowest BCUT2D eigenvalue weighted by molar-refractivity contribution is -0.142. The summed E-state index contributed by atoms with van der Waals surface area (Å²) in [7, 11) is 0. The standard InChI is InChI=1S/C25H27N3O10S/c29-21(30)12-27(13-22(31)32)7-8-37-9-10-38-19-11-16(25-26-17-3-1-2-4-20(17)39-25)5-6-18(19)28(14-23(33)34)15-24(35)36/h1-6,11H,7-10,12-15H2,(H,29,30)(H,31,32)(H,33,34)(H,35,36). The highest BCUT2D eigenvalue weighted by Gasteiger charge is 2.20. The monoisotopic (exact) mass is 561 g/mol. The fourth-order valence-electron chi connectivity index (χ4n) is 3.68. The van der Waals surface area contributed by atoms with Crippen LogP contribution in [0, 0.1) is 0 Å². The number of carboxylic acids is 4.